The van der Waals surface area contributed by atoms with Gasteiger partial charge >= 0.3 is 5.97 Å². The number of imidazole rings is 1. The number of rotatable bonds is 4. The zero-order valence-corrected chi connectivity index (χ0v) is 9.70. The molecule has 0 aliphatic heterocycles. The molecule has 6 heteroatoms. The molecule has 0 saturated carbocycles. The Kier molecular flexibility index (Phi) is 3.18. The molecule has 0 atom stereocenters. The number of aromatic carboxylic acids is 1. The first-order valence-corrected chi connectivity index (χ1v) is 5.23. The van der Waals surface area contributed by atoms with Crippen molar-refractivity contribution < 1.29 is 19.7 Å². The summed E-state index contributed by atoms with van der Waals surface area (Å²) in [6.45, 7) is 0.210. The smallest absolute Gasteiger partial charge is 0.372 e. The van der Waals surface area contributed by atoms with E-state index in [1.807, 2.05) is 0 Å². The van der Waals surface area contributed by atoms with Crippen molar-refractivity contribution in [2.45, 2.75) is 6.61 Å². The number of phenols is 1. The molecule has 2 N–H and O–H groups in total. The molecule has 0 spiro atoms. The molecule has 0 saturated heterocycles. The van der Waals surface area contributed by atoms with Crippen LogP contribution in [0.4, 0.5) is 0 Å². The van der Waals surface area contributed by atoms with Crippen LogP contribution in [0, 0.1) is 0 Å². The Morgan fingerprint density at radius 3 is 2.61 bits per heavy atom. The fraction of sp³-hybridized carbons (Fsp3) is 0.167. The first-order valence-electron chi connectivity index (χ1n) is 5.23. The Hall–Kier alpha value is -2.50. The van der Waals surface area contributed by atoms with E-state index in [4.69, 9.17) is 14.9 Å². The highest BCUT2D eigenvalue weighted by molar-refractivity contribution is 5.83. The number of hydrogen-bond donors (Lipinski definition) is 2. The number of carbonyl (C=O) groups is 1. The molecule has 0 aliphatic rings. The summed E-state index contributed by atoms with van der Waals surface area (Å²) < 4.78 is 6.92. The second kappa shape index (κ2) is 4.79. The van der Waals surface area contributed by atoms with Crippen molar-refractivity contribution in [2.24, 2.45) is 7.05 Å². The Balaban J connectivity index is 2.06. The van der Waals surface area contributed by atoms with Crippen molar-refractivity contribution in [3.8, 4) is 11.5 Å². The molecule has 18 heavy (non-hydrogen) atoms. The summed E-state index contributed by atoms with van der Waals surface area (Å²) in [4.78, 5) is 14.6. The molecule has 0 fully saturated rings. The average molecular weight is 248 g/mol. The van der Waals surface area contributed by atoms with Gasteiger partial charge in [0.1, 0.15) is 18.1 Å². The molecule has 0 bridgehead atoms. The van der Waals surface area contributed by atoms with Gasteiger partial charge in [0.15, 0.2) is 0 Å². The van der Waals surface area contributed by atoms with Gasteiger partial charge in [-0.2, -0.15) is 0 Å². The van der Waals surface area contributed by atoms with Crippen LogP contribution in [-0.2, 0) is 13.7 Å². The number of carboxylic acid groups (broad SMARTS) is 1. The number of hydrogen-bond acceptors (Lipinski definition) is 4. The number of carboxylic acids is 1. The number of nitrogens with zero attached hydrogens (tertiary/aromatic N) is 2. The summed E-state index contributed by atoms with van der Waals surface area (Å²) in [6, 6.07) is 6.29. The minimum Gasteiger partial charge on any atom is -0.508 e. The monoisotopic (exact) mass is 248 g/mol. The third kappa shape index (κ3) is 2.42. The van der Waals surface area contributed by atoms with E-state index in [1.165, 1.54) is 22.9 Å². The van der Waals surface area contributed by atoms with Crippen LogP contribution in [0.1, 0.15) is 16.3 Å². The van der Waals surface area contributed by atoms with E-state index in [0.29, 0.717) is 11.4 Å². The molecule has 2 rings (SSSR count). The number of aromatic hydroxyl groups is 1. The maximum absolute atomic E-state index is 10.8. The van der Waals surface area contributed by atoms with Crippen molar-refractivity contribution in [2.75, 3.05) is 0 Å². The van der Waals surface area contributed by atoms with E-state index in [2.05, 4.69) is 4.98 Å². The van der Waals surface area contributed by atoms with Crippen molar-refractivity contribution in [1.82, 2.24) is 9.55 Å². The quantitative estimate of drug-likeness (QED) is 0.854. The third-order valence-electron chi connectivity index (χ3n) is 2.50. The van der Waals surface area contributed by atoms with Crippen LogP contribution in [0.15, 0.2) is 30.5 Å². The zero-order valence-electron chi connectivity index (χ0n) is 9.70. The van der Waals surface area contributed by atoms with Gasteiger partial charge in [0.25, 0.3) is 0 Å². The van der Waals surface area contributed by atoms with Gasteiger partial charge in [0, 0.05) is 7.05 Å². The van der Waals surface area contributed by atoms with Gasteiger partial charge in [-0.25, -0.2) is 9.78 Å². The van der Waals surface area contributed by atoms with E-state index in [0.717, 1.165) is 0 Å². The van der Waals surface area contributed by atoms with Crippen molar-refractivity contribution in [3.63, 3.8) is 0 Å². The lowest BCUT2D eigenvalue weighted by atomic mass is 10.3. The summed E-state index contributed by atoms with van der Waals surface area (Å²) in [7, 11) is 1.62. The van der Waals surface area contributed by atoms with E-state index in [-0.39, 0.29) is 18.2 Å². The van der Waals surface area contributed by atoms with Crippen LogP contribution in [0.5, 0.6) is 11.5 Å². The van der Waals surface area contributed by atoms with Crippen LogP contribution in [-0.4, -0.2) is 25.7 Å². The normalized spacial score (nSPS) is 10.3. The summed E-state index contributed by atoms with van der Waals surface area (Å²) in [5.74, 6) is -0.352. The van der Waals surface area contributed by atoms with E-state index in [1.54, 1.807) is 19.2 Å². The molecule has 94 valence electrons. The van der Waals surface area contributed by atoms with Gasteiger partial charge in [-0.1, -0.05) is 0 Å². The minimum atomic E-state index is -1.08. The Morgan fingerprint density at radius 2 is 2.06 bits per heavy atom. The standard InChI is InChI=1S/C12H12N2O4/c1-14-8(6-13-11(14)12(16)17)7-18-10-4-2-9(15)3-5-10/h2-6,15H,7H2,1H3,(H,16,17). The number of phenolic OH excluding ortho intramolecular Hbond substituents is 1. The first-order chi connectivity index (χ1) is 8.58. The highest BCUT2D eigenvalue weighted by Gasteiger charge is 2.12. The summed E-state index contributed by atoms with van der Waals surface area (Å²) in [5.41, 5.74) is 0.653. The van der Waals surface area contributed by atoms with Crippen molar-refractivity contribution >= 4 is 5.97 Å². The number of aromatic nitrogens is 2. The van der Waals surface area contributed by atoms with Gasteiger partial charge in [-0.3, -0.25) is 0 Å². The number of benzene rings is 1. The zero-order chi connectivity index (χ0) is 13.1. The lowest BCUT2D eigenvalue weighted by Gasteiger charge is -2.07. The van der Waals surface area contributed by atoms with Gasteiger partial charge < -0.3 is 19.5 Å². The summed E-state index contributed by atoms with van der Waals surface area (Å²) in [6.07, 6.45) is 1.46. The Labute approximate surface area is 103 Å². The molecule has 0 aliphatic carbocycles. The highest BCUT2D eigenvalue weighted by Crippen LogP contribution is 2.17. The predicted octanol–water partition coefficient (Wildman–Crippen LogP) is 1.40. The Bertz CT molecular complexity index is 560. The van der Waals surface area contributed by atoms with Gasteiger partial charge in [0.05, 0.1) is 11.9 Å². The third-order valence-corrected chi connectivity index (χ3v) is 2.50. The molecule has 2 aromatic rings. The van der Waals surface area contributed by atoms with Crippen LogP contribution in [0.2, 0.25) is 0 Å². The molecule has 1 heterocycles. The topological polar surface area (TPSA) is 84.6 Å². The SMILES string of the molecule is Cn1c(COc2ccc(O)cc2)cnc1C(=O)O. The van der Waals surface area contributed by atoms with E-state index in [9.17, 15) is 4.79 Å². The van der Waals surface area contributed by atoms with Crippen LogP contribution >= 0.6 is 0 Å². The van der Waals surface area contributed by atoms with E-state index < -0.39 is 5.97 Å². The summed E-state index contributed by atoms with van der Waals surface area (Å²) in [5, 5.41) is 18.0. The molecule has 0 radical (unpaired) electrons. The lowest BCUT2D eigenvalue weighted by molar-refractivity contribution is 0.0679. The fourth-order valence-electron chi connectivity index (χ4n) is 1.48. The number of ether oxygens (including phenoxy) is 1. The molecular formula is C12H12N2O4. The fourth-order valence-corrected chi connectivity index (χ4v) is 1.48. The van der Waals surface area contributed by atoms with Crippen molar-refractivity contribution in [3.05, 3.63) is 42.0 Å². The van der Waals surface area contributed by atoms with Gasteiger partial charge in [0.2, 0.25) is 5.82 Å². The Morgan fingerprint density at radius 1 is 1.39 bits per heavy atom. The lowest BCUT2D eigenvalue weighted by Crippen LogP contribution is -2.09. The molecule has 0 amide bonds. The molecule has 6 nitrogen and oxygen atoms in total. The second-order valence-corrected chi connectivity index (χ2v) is 3.72. The van der Waals surface area contributed by atoms with Crippen molar-refractivity contribution in [1.29, 1.82) is 0 Å². The maximum atomic E-state index is 10.8. The van der Waals surface area contributed by atoms with Gasteiger partial charge in [-0.05, 0) is 24.3 Å². The molecule has 1 aromatic carbocycles. The van der Waals surface area contributed by atoms with Crippen LogP contribution < -0.4 is 4.74 Å². The maximum Gasteiger partial charge on any atom is 0.372 e. The minimum absolute atomic E-state index is 0.0284. The van der Waals surface area contributed by atoms with Gasteiger partial charge in [-0.15, -0.1) is 0 Å². The second-order valence-electron chi connectivity index (χ2n) is 3.72. The highest BCUT2D eigenvalue weighted by atomic mass is 16.5. The van der Waals surface area contributed by atoms with Crippen LogP contribution in [0.25, 0.3) is 0 Å². The van der Waals surface area contributed by atoms with E-state index >= 15 is 0 Å². The molecular weight excluding hydrogens is 236 g/mol. The largest absolute Gasteiger partial charge is 0.508 e. The molecule has 0 unspecified atom stereocenters. The predicted molar refractivity (Wildman–Crippen MR) is 62.6 cm³/mol. The van der Waals surface area contributed by atoms with Crippen LogP contribution in [0.3, 0.4) is 0 Å². The first kappa shape index (κ1) is 12.0. The summed E-state index contributed by atoms with van der Waals surface area (Å²) >= 11 is 0. The average Bonchev–Trinajstić information content (AvgIpc) is 2.70. The molecule has 1 aromatic heterocycles.